The number of carbonyl (C=O) groups excluding carboxylic acids is 3. The number of rotatable bonds is 9. The largest absolute Gasteiger partial charge is 0.333 e. The van der Waals surface area contributed by atoms with E-state index in [9.17, 15) is 14.4 Å². The minimum atomic E-state index is -0.583. The Morgan fingerprint density at radius 3 is 2.07 bits per heavy atom. The van der Waals surface area contributed by atoms with Crippen molar-refractivity contribution in [2.45, 2.75) is 38.6 Å². The van der Waals surface area contributed by atoms with Crippen molar-refractivity contribution in [3.05, 3.63) is 85.2 Å². The molecular weight excluding hydrogens is 522 g/mol. The summed E-state index contributed by atoms with van der Waals surface area (Å²) in [5.74, 6) is -1.53. The van der Waals surface area contributed by atoms with Crippen molar-refractivity contribution in [1.82, 2.24) is 20.4 Å². The van der Waals surface area contributed by atoms with Crippen LogP contribution in [0.25, 0.3) is 44.7 Å². The highest BCUT2D eigenvalue weighted by atomic mass is 16.7. The molecule has 1 fully saturated rings. The van der Waals surface area contributed by atoms with Gasteiger partial charge >= 0.3 is 5.97 Å². The predicted molar refractivity (Wildman–Crippen MR) is 147 cm³/mol. The molecule has 0 radical (unpaired) electrons. The Morgan fingerprint density at radius 1 is 0.780 bits per heavy atom. The van der Waals surface area contributed by atoms with Crippen LogP contribution in [-0.4, -0.2) is 38.1 Å². The maximum absolute atomic E-state index is 12.1. The molecule has 0 N–H and O–H groups in total. The molecule has 2 aromatic carbocycles. The predicted octanol–water partition coefficient (Wildman–Crippen LogP) is 4.68. The lowest BCUT2D eigenvalue weighted by atomic mass is 9.96. The smallest absolute Gasteiger partial charge is 0.330 e. The van der Waals surface area contributed by atoms with Crippen LogP contribution in [0.3, 0.4) is 0 Å². The number of carbonyl (C=O) groups is 3. The first-order valence-electron chi connectivity index (χ1n) is 13.4. The van der Waals surface area contributed by atoms with E-state index in [0.29, 0.717) is 41.2 Å². The minimum Gasteiger partial charge on any atom is -0.330 e. The van der Waals surface area contributed by atoms with E-state index in [-0.39, 0.29) is 19.3 Å². The molecule has 2 amide bonds. The summed E-state index contributed by atoms with van der Waals surface area (Å²) < 4.78 is 7.23. The number of fused-ring (bicyclic) bond motifs is 1. The van der Waals surface area contributed by atoms with Gasteiger partial charge in [-0.2, -0.15) is 0 Å². The summed E-state index contributed by atoms with van der Waals surface area (Å²) in [7, 11) is 0. The Kier molecular flexibility index (Phi) is 7.27. The third-order valence-electron chi connectivity index (χ3n) is 6.93. The van der Waals surface area contributed by atoms with Crippen LogP contribution in [0.15, 0.2) is 89.8 Å². The maximum Gasteiger partial charge on any atom is 0.333 e. The van der Waals surface area contributed by atoms with Gasteiger partial charge in [-0.1, -0.05) is 60.7 Å². The van der Waals surface area contributed by atoms with Crippen LogP contribution in [0.1, 0.15) is 32.1 Å². The molecule has 0 saturated carbocycles. The average molecular weight is 549 g/mol. The topological polar surface area (TPSA) is 119 Å². The van der Waals surface area contributed by atoms with Crippen LogP contribution in [0.4, 0.5) is 0 Å². The second-order valence-electron chi connectivity index (χ2n) is 9.70. The number of amides is 2. The Bertz CT molecular complexity index is 1700. The highest BCUT2D eigenvalue weighted by Crippen LogP contribution is 2.39. The quantitative estimate of drug-likeness (QED) is 0.148. The molecule has 4 heterocycles. The van der Waals surface area contributed by atoms with Gasteiger partial charge in [0.2, 0.25) is 0 Å². The summed E-state index contributed by atoms with van der Waals surface area (Å²) in [6.45, 7) is 0.676. The van der Waals surface area contributed by atoms with E-state index in [1.807, 2.05) is 89.8 Å². The number of imide groups is 1. The minimum absolute atomic E-state index is 0.0814. The Balaban J connectivity index is 1.22. The van der Waals surface area contributed by atoms with Gasteiger partial charge in [-0.25, -0.2) is 19.0 Å². The number of hydroxylamine groups is 2. The number of benzene rings is 2. The molecule has 204 valence electrons. The lowest BCUT2D eigenvalue weighted by molar-refractivity contribution is -0.697. The number of pyridine rings is 2. The van der Waals surface area contributed by atoms with E-state index in [1.54, 1.807) is 0 Å². The normalized spacial score (nSPS) is 13.2. The third-order valence-corrected chi connectivity index (χ3v) is 6.93. The molecule has 1 saturated heterocycles. The van der Waals surface area contributed by atoms with E-state index in [1.165, 1.54) is 0 Å². The van der Waals surface area contributed by atoms with Crippen LogP contribution in [-0.2, 0) is 25.8 Å². The van der Waals surface area contributed by atoms with Crippen molar-refractivity contribution in [3.8, 4) is 33.6 Å². The molecule has 0 spiro atoms. The van der Waals surface area contributed by atoms with E-state index < -0.39 is 17.8 Å². The Labute approximate surface area is 235 Å². The van der Waals surface area contributed by atoms with Gasteiger partial charge in [0.25, 0.3) is 11.8 Å². The molecule has 41 heavy (non-hydrogen) atoms. The average Bonchev–Trinajstić information content (AvgIpc) is 3.62. The summed E-state index contributed by atoms with van der Waals surface area (Å²) in [4.78, 5) is 45.3. The van der Waals surface area contributed by atoms with Crippen molar-refractivity contribution in [2.24, 2.45) is 0 Å². The van der Waals surface area contributed by atoms with Gasteiger partial charge in [-0.3, -0.25) is 9.59 Å². The Morgan fingerprint density at radius 2 is 1.39 bits per heavy atom. The van der Waals surface area contributed by atoms with Crippen molar-refractivity contribution < 1.29 is 28.4 Å². The fourth-order valence-electron chi connectivity index (χ4n) is 4.86. The van der Waals surface area contributed by atoms with Gasteiger partial charge in [0.05, 0.1) is 5.69 Å². The van der Waals surface area contributed by atoms with Crippen molar-refractivity contribution in [2.75, 3.05) is 0 Å². The molecule has 5 aromatic rings. The van der Waals surface area contributed by atoms with Crippen LogP contribution in [0.2, 0.25) is 0 Å². The molecule has 0 atom stereocenters. The molecule has 3 aromatic heterocycles. The second kappa shape index (κ2) is 11.5. The summed E-state index contributed by atoms with van der Waals surface area (Å²) in [5, 5.41) is 9.07. The molecular formula is C31H26N5O5+. The number of hydrogen-bond acceptors (Lipinski definition) is 8. The molecule has 10 nitrogen and oxygen atoms in total. The zero-order valence-corrected chi connectivity index (χ0v) is 22.1. The number of unbranched alkanes of at least 4 members (excludes halogenated alkanes) is 1. The first-order chi connectivity index (χ1) is 20.1. The van der Waals surface area contributed by atoms with Gasteiger partial charge in [-0.15, -0.1) is 5.06 Å². The van der Waals surface area contributed by atoms with Crippen LogP contribution < -0.4 is 4.57 Å². The molecule has 1 aliphatic heterocycles. The SMILES string of the molecule is O=C(CCCC[n+]1ccc(-c2nc(-c3ccccc3)c3nonc3c2-c2ccccc2)cc1)ON1C(=O)CCC1=O. The fourth-order valence-corrected chi connectivity index (χ4v) is 4.86. The van der Waals surface area contributed by atoms with E-state index in [2.05, 4.69) is 10.3 Å². The van der Waals surface area contributed by atoms with Gasteiger partial charge in [0, 0.05) is 54.5 Å². The van der Waals surface area contributed by atoms with E-state index in [0.717, 1.165) is 27.9 Å². The monoisotopic (exact) mass is 548 g/mol. The number of aromatic nitrogens is 4. The molecule has 6 rings (SSSR count). The van der Waals surface area contributed by atoms with Crippen molar-refractivity contribution >= 4 is 28.8 Å². The first-order valence-corrected chi connectivity index (χ1v) is 13.4. The number of aryl methyl sites for hydroxylation is 1. The molecule has 1 aliphatic rings. The Hall–Kier alpha value is -5.25. The van der Waals surface area contributed by atoms with Crippen LogP contribution in [0.5, 0.6) is 0 Å². The number of nitrogens with zero attached hydrogens (tertiary/aromatic N) is 5. The summed E-state index contributed by atoms with van der Waals surface area (Å²) in [6, 6.07) is 23.8. The second-order valence-corrected chi connectivity index (χ2v) is 9.70. The number of hydrogen-bond donors (Lipinski definition) is 0. The van der Waals surface area contributed by atoms with Gasteiger partial charge in [0.1, 0.15) is 17.8 Å². The van der Waals surface area contributed by atoms with E-state index >= 15 is 0 Å². The standard InChI is InChI=1S/C31H26N5O5/c37-24-14-15-25(38)36(24)40-26(39)13-7-8-18-35-19-16-23(17-20-35)28-27(21-9-3-1-4-10-21)30-31(34-41-33-30)29(32-28)22-11-5-2-6-12-22/h1-6,9-12,16-17,19-20H,7-8,13-15,18H2/q+1. The summed E-state index contributed by atoms with van der Waals surface area (Å²) >= 11 is 0. The lowest BCUT2D eigenvalue weighted by Gasteiger charge is -2.12. The van der Waals surface area contributed by atoms with E-state index in [4.69, 9.17) is 14.5 Å². The lowest BCUT2D eigenvalue weighted by Crippen LogP contribution is -2.33. The van der Waals surface area contributed by atoms with Crippen LogP contribution >= 0.6 is 0 Å². The fraction of sp³-hybridized carbons (Fsp3) is 0.194. The van der Waals surface area contributed by atoms with Gasteiger partial charge < -0.3 is 4.84 Å². The first kappa shape index (κ1) is 26.0. The third kappa shape index (κ3) is 5.44. The zero-order chi connectivity index (χ0) is 28.2. The molecule has 0 bridgehead atoms. The molecule has 10 heteroatoms. The highest BCUT2D eigenvalue weighted by molar-refractivity contribution is 6.04. The van der Waals surface area contributed by atoms with Crippen LogP contribution in [0, 0.1) is 0 Å². The maximum atomic E-state index is 12.1. The van der Waals surface area contributed by atoms with Crippen molar-refractivity contribution in [1.29, 1.82) is 0 Å². The van der Waals surface area contributed by atoms with Gasteiger partial charge in [0.15, 0.2) is 17.9 Å². The molecule has 0 aliphatic carbocycles. The van der Waals surface area contributed by atoms with Gasteiger partial charge in [-0.05, 0) is 22.3 Å². The zero-order valence-electron chi connectivity index (χ0n) is 22.1. The van der Waals surface area contributed by atoms with Crippen molar-refractivity contribution in [3.63, 3.8) is 0 Å². The highest BCUT2D eigenvalue weighted by Gasteiger charge is 2.32. The summed E-state index contributed by atoms with van der Waals surface area (Å²) in [6.07, 6.45) is 5.49. The molecule has 0 unspecified atom stereocenters. The summed E-state index contributed by atoms with van der Waals surface area (Å²) in [5.41, 5.74) is 6.31.